The van der Waals surface area contributed by atoms with Crippen molar-refractivity contribution in [3.05, 3.63) is 77.6 Å². The number of allylic oxidation sites excluding steroid dienone is 1. The summed E-state index contributed by atoms with van der Waals surface area (Å²) in [6.07, 6.45) is 1.65. The van der Waals surface area contributed by atoms with E-state index in [2.05, 4.69) is 10.9 Å². The van der Waals surface area contributed by atoms with E-state index in [-0.39, 0.29) is 5.54 Å². The zero-order valence-corrected chi connectivity index (χ0v) is 18.6. The highest BCUT2D eigenvalue weighted by Crippen LogP contribution is 2.21. The summed E-state index contributed by atoms with van der Waals surface area (Å²) in [4.78, 5) is 19.1. The molecule has 0 aliphatic heterocycles. The molecule has 0 fully saturated rings. The molecule has 0 amide bonds. The van der Waals surface area contributed by atoms with E-state index in [0.29, 0.717) is 23.7 Å². The number of carbonyl (C=O) groups excluding carboxylic acids is 1. The van der Waals surface area contributed by atoms with Crippen LogP contribution in [0.25, 0.3) is 5.76 Å². The van der Waals surface area contributed by atoms with Gasteiger partial charge in [-0.15, -0.1) is 0 Å². The molecule has 30 heavy (non-hydrogen) atoms. The Hall–Kier alpha value is -3.30. The number of rotatable bonds is 7. The van der Waals surface area contributed by atoms with Crippen LogP contribution in [0.5, 0.6) is 0 Å². The SMILES string of the molecule is CCOC(=C=NC(C)(C)C)/C=C(\OC(=O)c1ccc(N(C)C)cc1)c1ccccc1. The first-order valence-electron chi connectivity index (χ1n) is 9.94. The maximum atomic E-state index is 12.8. The molecule has 0 aromatic heterocycles. The molecule has 158 valence electrons. The first kappa shape index (κ1) is 23.0. The van der Waals surface area contributed by atoms with Crippen LogP contribution in [0.2, 0.25) is 0 Å². The standard InChI is InChI=1S/C25H30N2O3/c1-7-29-22(18-26-25(2,3)4)17-23(19-11-9-8-10-12-19)30-24(28)20-13-15-21(16-14-20)27(5)6/h8-17H,7H2,1-6H3/b23-17-. The molecule has 0 unspecified atom stereocenters. The van der Waals surface area contributed by atoms with Crippen molar-refractivity contribution in [1.29, 1.82) is 0 Å². The van der Waals surface area contributed by atoms with Crippen LogP contribution in [0, 0.1) is 0 Å². The number of hydrogen-bond acceptors (Lipinski definition) is 5. The summed E-state index contributed by atoms with van der Waals surface area (Å²) in [5, 5.41) is 0. The molecule has 0 aliphatic rings. The Labute approximate surface area is 179 Å². The summed E-state index contributed by atoms with van der Waals surface area (Å²) in [5.41, 5.74) is 1.93. The zero-order chi connectivity index (χ0) is 22.1. The normalized spacial score (nSPS) is 11.3. The van der Waals surface area contributed by atoms with Gasteiger partial charge in [0.2, 0.25) is 0 Å². The van der Waals surface area contributed by atoms with Gasteiger partial charge in [-0.2, -0.15) is 0 Å². The third kappa shape index (κ3) is 7.26. The van der Waals surface area contributed by atoms with Gasteiger partial charge < -0.3 is 14.4 Å². The van der Waals surface area contributed by atoms with Gasteiger partial charge in [-0.05, 0) is 52.0 Å². The quantitative estimate of drug-likeness (QED) is 0.270. The van der Waals surface area contributed by atoms with E-state index in [4.69, 9.17) is 9.47 Å². The van der Waals surface area contributed by atoms with Crippen molar-refractivity contribution in [1.82, 2.24) is 0 Å². The summed E-state index contributed by atoms with van der Waals surface area (Å²) >= 11 is 0. The average molecular weight is 407 g/mol. The smallest absolute Gasteiger partial charge is 0.343 e. The summed E-state index contributed by atoms with van der Waals surface area (Å²) in [7, 11) is 3.90. The highest BCUT2D eigenvalue weighted by Gasteiger charge is 2.14. The van der Waals surface area contributed by atoms with E-state index in [9.17, 15) is 4.79 Å². The lowest BCUT2D eigenvalue weighted by Gasteiger charge is -2.13. The molecule has 5 heteroatoms. The van der Waals surface area contributed by atoms with Gasteiger partial charge in [-0.1, -0.05) is 30.3 Å². The van der Waals surface area contributed by atoms with Crippen molar-refractivity contribution >= 4 is 23.3 Å². The number of carbonyl (C=O) groups is 1. The zero-order valence-electron chi connectivity index (χ0n) is 18.6. The lowest BCUT2D eigenvalue weighted by molar-refractivity contribution is 0.0691. The summed E-state index contributed by atoms with van der Waals surface area (Å²) in [6.45, 7) is 8.25. The van der Waals surface area contributed by atoms with Gasteiger partial charge in [0, 0.05) is 37.3 Å². The molecule has 0 aliphatic carbocycles. The van der Waals surface area contributed by atoms with Crippen molar-refractivity contribution in [2.24, 2.45) is 4.99 Å². The molecule has 0 saturated carbocycles. The van der Waals surface area contributed by atoms with Crippen LogP contribution < -0.4 is 4.90 Å². The minimum Gasteiger partial charge on any atom is -0.485 e. The molecule has 2 aromatic rings. The van der Waals surface area contributed by atoms with Gasteiger partial charge in [-0.3, -0.25) is 0 Å². The predicted octanol–water partition coefficient (Wildman–Crippen LogP) is 5.34. The molecule has 0 spiro atoms. The number of nitrogens with zero attached hydrogens (tertiary/aromatic N) is 2. The molecular weight excluding hydrogens is 376 g/mol. The third-order valence-corrected chi connectivity index (χ3v) is 3.94. The van der Waals surface area contributed by atoms with E-state index >= 15 is 0 Å². The number of ether oxygens (including phenoxy) is 2. The Balaban J connectivity index is 2.41. The third-order valence-electron chi connectivity index (χ3n) is 3.94. The maximum Gasteiger partial charge on any atom is 0.343 e. The fourth-order valence-electron chi connectivity index (χ4n) is 2.43. The van der Waals surface area contributed by atoms with Gasteiger partial charge in [0.25, 0.3) is 0 Å². The van der Waals surface area contributed by atoms with Crippen LogP contribution in [0.1, 0.15) is 43.6 Å². The van der Waals surface area contributed by atoms with Crippen LogP contribution in [0.4, 0.5) is 5.69 Å². The fraction of sp³-hybridized carbons (Fsp3) is 0.320. The molecule has 5 nitrogen and oxygen atoms in total. The Bertz CT molecular complexity index is 931. The minimum absolute atomic E-state index is 0.298. The van der Waals surface area contributed by atoms with Crippen LogP contribution in [-0.2, 0) is 9.47 Å². The van der Waals surface area contributed by atoms with E-state index in [1.807, 2.05) is 89.2 Å². The molecule has 0 radical (unpaired) electrons. The van der Waals surface area contributed by atoms with Gasteiger partial charge in [-0.25, -0.2) is 9.79 Å². The molecular formula is C25H30N2O3. The van der Waals surface area contributed by atoms with Crippen molar-refractivity contribution in [2.75, 3.05) is 25.6 Å². The molecule has 0 atom stereocenters. The van der Waals surface area contributed by atoms with Crippen LogP contribution in [0.15, 0.2) is 71.4 Å². The second-order valence-corrected chi connectivity index (χ2v) is 7.90. The second-order valence-electron chi connectivity index (χ2n) is 7.90. The van der Waals surface area contributed by atoms with Gasteiger partial charge >= 0.3 is 5.97 Å². The molecule has 0 N–H and O–H groups in total. The van der Waals surface area contributed by atoms with E-state index in [1.165, 1.54) is 0 Å². The van der Waals surface area contributed by atoms with E-state index in [1.54, 1.807) is 18.2 Å². The number of anilines is 1. The molecule has 0 heterocycles. The summed E-state index contributed by atoms with van der Waals surface area (Å²) in [5.74, 6) is 3.27. The van der Waals surface area contributed by atoms with Gasteiger partial charge in [0.1, 0.15) is 5.76 Å². The highest BCUT2D eigenvalue weighted by atomic mass is 16.5. The molecule has 2 aromatic carbocycles. The molecule has 0 bridgehead atoms. The van der Waals surface area contributed by atoms with Crippen LogP contribution in [-0.4, -0.2) is 38.1 Å². The number of hydrogen-bond donors (Lipinski definition) is 0. The fourth-order valence-corrected chi connectivity index (χ4v) is 2.43. The largest absolute Gasteiger partial charge is 0.485 e. The summed E-state index contributed by atoms with van der Waals surface area (Å²) in [6, 6.07) is 16.7. The van der Waals surface area contributed by atoms with Gasteiger partial charge in [0.15, 0.2) is 5.76 Å². The lowest BCUT2D eigenvalue weighted by Crippen LogP contribution is -2.10. The maximum absolute atomic E-state index is 12.8. The predicted molar refractivity (Wildman–Crippen MR) is 123 cm³/mol. The van der Waals surface area contributed by atoms with E-state index < -0.39 is 5.97 Å². The molecule has 2 rings (SSSR count). The lowest BCUT2D eigenvalue weighted by atomic mass is 10.1. The number of benzene rings is 2. The highest BCUT2D eigenvalue weighted by molar-refractivity contribution is 5.93. The van der Waals surface area contributed by atoms with Crippen LogP contribution in [0.3, 0.4) is 0 Å². The Morgan fingerprint density at radius 2 is 1.67 bits per heavy atom. The van der Waals surface area contributed by atoms with Crippen LogP contribution >= 0.6 is 0 Å². The topological polar surface area (TPSA) is 51.1 Å². The second kappa shape index (κ2) is 10.5. The van der Waals surface area contributed by atoms with Crippen molar-refractivity contribution in [2.45, 2.75) is 33.2 Å². The van der Waals surface area contributed by atoms with Crippen molar-refractivity contribution in [3.8, 4) is 0 Å². The average Bonchev–Trinajstić information content (AvgIpc) is 2.71. The Morgan fingerprint density at radius 3 is 2.20 bits per heavy atom. The molecule has 0 saturated heterocycles. The first-order valence-corrected chi connectivity index (χ1v) is 9.94. The van der Waals surface area contributed by atoms with E-state index in [0.717, 1.165) is 11.3 Å². The minimum atomic E-state index is -0.445. The van der Waals surface area contributed by atoms with Gasteiger partial charge in [0.05, 0.1) is 17.7 Å². The Morgan fingerprint density at radius 1 is 1.03 bits per heavy atom. The monoisotopic (exact) mass is 406 g/mol. The summed E-state index contributed by atoms with van der Waals surface area (Å²) < 4.78 is 11.4. The first-order chi connectivity index (χ1) is 14.2. The number of aliphatic imine (C=N–C) groups is 1. The van der Waals surface area contributed by atoms with Crippen molar-refractivity contribution in [3.63, 3.8) is 0 Å². The van der Waals surface area contributed by atoms with Crippen molar-refractivity contribution < 1.29 is 14.3 Å². The Kier molecular flexibility index (Phi) is 8.02. The number of esters is 1.